The molecule has 0 aliphatic carbocycles. The van der Waals surface area contributed by atoms with Gasteiger partial charge in [-0.1, -0.05) is 12.1 Å². The van der Waals surface area contributed by atoms with E-state index in [-0.39, 0.29) is 0 Å². The van der Waals surface area contributed by atoms with E-state index >= 15 is 0 Å². The van der Waals surface area contributed by atoms with Crippen LogP contribution >= 0.6 is 0 Å². The lowest BCUT2D eigenvalue weighted by Gasteiger charge is -2.10. The van der Waals surface area contributed by atoms with Crippen molar-refractivity contribution < 1.29 is 4.43 Å². The minimum Gasteiger partial charge on any atom is -0.541 e. The van der Waals surface area contributed by atoms with Crippen LogP contribution in [0, 0.1) is 6.92 Å². The second-order valence-electron chi connectivity index (χ2n) is 4.56. The molecule has 19 heavy (non-hydrogen) atoms. The third-order valence-electron chi connectivity index (χ3n) is 2.68. The van der Waals surface area contributed by atoms with Crippen LogP contribution in [0.1, 0.15) is 11.4 Å². The van der Waals surface area contributed by atoms with Gasteiger partial charge in [-0.15, -0.1) is 0 Å². The summed E-state index contributed by atoms with van der Waals surface area (Å²) in [6, 6.07) is 7.85. The lowest BCUT2D eigenvalue weighted by molar-refractivity contribution is 0.582. The van der Waals surface area contributed by atoms with E-state index in [1.807, 2.05) is 49.0 Å². The van der Waals surface area contributed by atoms with E-state index in [0.29, 0.717) is 0 Å². The largest absolute Gasteiger partial charge is 0.541 e. The van der Waals surface area contributed by atoms with Crippen LogP contribution in [0.25, 0.3) is 0 Å². The van der Waals surface area contributed by atoms with Gasteiger partial charge in [0.2, 0.25) is 0 Å². The first-order chi connectivity index (χ1) is 9.08. The molecule has 1 aromatic heterocycles. The molecule has 0 amide bonds. The second-order valence-corrected chi connectivity index (χ2v) is 6.58. The van der Waals surface area contributed by atoms with Crippen LogP contribution in [0.5, 0.6) is 5.75 Å². The van der Waals surface area contributed by atoms with Gasteiger partial charge in [0.1, 0.15) is 11.4 Å². The van der Waals surface area contributed by atoms with Crippen molar-refractivity contribution in [2.24, 2.45) is 12.0 Å². The van der Waals surface area contributed by atoms with Gasteiger partial charge in [-0.3, -0.25) is 4.99 Å². The summed E-state index contributed by atoms with van der Waals surface area (Å²) in [4.78, 5) is 8.77. The Balaban J connectivity index is 2.28. The van der Waals surface area contributed by atoms with Crippen molar-refractivity contribution in [1.82, 2.24) is 9.55 Å². The Labute approximate surface area is 115 Å². The monoisotopic (exact) mass is 272 g/mol. The number of para-hydroxylation sites is 2. The van der Waals surface area contributed by atoms with Crippen molar-refractivity contribution in [3.05, 3.63) is 42.0 Å². The van der Waals surface area contributed by atoms with Crippen molar-refractivity contribution >= 4 is 20.9 Å². The van der Waals surface area contributed by atoms with Crippen LogP contribution in [-0.4, -0.2) is 24.8 Å². The number of aliphatic imine (C=N–C) groups is 1. The van der Waals surface area contributed by atoms with E-state index in [4.69, 9.17) is 4.43 Å². The number of rotatable bonds is 4. The minimum absolute atomic E-state index is 0.788. The maximum atomic E-state index is 5.84. The molecule has 1 aromatic carbocycles. The Morgan fingerprint density at radius 2 is 2.05 bits per heavy atom. The average molecular weight is 272 g/mol. The first kappa shape index (κ1) is 13.5. The van der Waals surface area contributed by atoms with Crippen molar-refractivity contribution in [2.45, 2.75) is 20.0 Å². The van der Waals surface area contributed by atoms with Crippen LogP contribution in [0.2, 0.25) is 13.1 Å². The molecular weight excluding hydrogens is 254 g/mol. The summed E-state index contributed by atoms with van der Waals surface area (Å²) in [6.07, 6.45) is 3.63. The van der Waals surface area contributed by atoms with Gasteiger partial charge in [0, 0.05) is 7.05 Å². The highest BCUT2D eigenvalue weighted by molar-refractivity contribution is 6.49. The predicted molar refractivity (Wildman–Crippen MR) is 79.8 cm³/mol. The lowest BCUT2D eigenvalue weighted by Crippen LogP contribution is -2.11. The molecule has 2 rings (SSSR count). The molecule has 0 saturated heterocycles. The molecule has 4 nitrogen and oxygen atoms in total. The van der Waals surface area contributed by atoms with Crippen LogP contribution in [0.3, 0.4) is 0 Å². The number of aromatic nitrogens is 2. The van der Waals surface area contributed by atoms with Gasteiger partial charge < -0.3 is 8.99 Å². The van der Waals surface area contributed by atoms with E-state index in [1.54, 1.807) is 6.33 Å². The van der Waals surface area contributed by atoms with Gasteiger partial charge in [0.05, 0.1) is 23.9 Å². The summed E-state index contributed by atoms with van der Waals surface area (Å²) in [5, 5.41) is 0. The summed E-state index contributed by atoms with van der Waals surface area (Å²) in [6.45, 7) is 6.19. The first-order valence-electron chi connectivity index (χ1n) is 6.17. The van der Waals surface area contributed by atoms with Crippen molar-refractivity contribution in [2.75, 3.05) is 0 Å². The van der Waals surface area contributed by atoms with Crippen molar-refractivity contribution in [1.29, 1.82) is 0 Å². The van der Waals surface area contributed by atoms with Crippen LogP contribution in [0.15, 0.2) is 35.6 Å². The number of hydrogen-bond donors (Lipinski definition) is 0. The normalized spacial score (nSPS) is 11.4. The van der Waals surface area contributed by atoms with Gasteiger partial charge in [0.15, 0.2) is 0 Å². The zero-order valence-corrected chi connectivity index (χ0v) is 12.7. The van der Waals surface area contributed by atoms with Crippen LogP contribution in [-0.2, 0) is 7.05 Å². The fraction of sp³-hybridized carbons (Fsp3) is 0.286. The number of benzene rings is 1. The smallest absolute Gasteiger partial charge is 0.274 e. The molecule has 1 heterocycles. The fourth-order valence-electron chi connectivity index (χ4n) is 1.74. The summed E-state index contributed by atoms with van der Waals surface area (Å²) < 4.78 is 7.80. The van der Waals surface area contributed by atoms with Gasteiger partial charge in [0.25, 0.3) is 9.04 Å². The highest BCUT2D eigenvalue weighted by Crippen LogP contribution is 2.27. The molecule has 0 N–H and O–H groups in total. The molecule has 0 aliphatic heterocycles. The molecular formula is C14H18N3OSi. The fourth-order valence-corrected chi connectivity index (χ4v) is 2.35. The molecule has 0 unspecified atom stereocenters. The molecule has 0 aliphatic rings. The Hall–Kier alpha value is -1.88. The molecule has 1 radical (unpaired) electrons. The molecule has 0 spiro atoms. The molecule has 0 saturated carbocycles. The van der Waals surface area contributed by atoms with E-state index in [1.165, 1.54) is 0 Å². The highest BCUT2D eigenvalue weighted by atomic mass is 28.3. The number of imidazole rings is 1. The standard InChI is InChI=1S/C14H18N3OSi/c1-11-13(17(2)10-16-11)9-15-12-7-5-6-8-14(12)18-19(3)4/h5-10H,1-4H3. The predicted octanol–water partition coefficient (Wildman–Crippen LogP) is 3.11. The molecule has 2 aromatic rings. The van der Waals surface area contributed by atoms with Gasteiger partial charge in [-0.05, 0) is 32.2 Å². The Morgan fingerprint density at radius 1 is 1.32 bits per heavy atom. The minimum atomic E-state index is -0.788. The quantitative estimate of drug-likeness (QED) is 0.633. The zero-order valence-electron chi connectivity index (χ0n) is 11.7. The molecule has 0 atom stereocenters. The number of hydrogen-bond acceptors (Lipinski definition) is 3. The van der Waals surface area contributed by atoms with Crippen molar-refractivity contribution in [3.8, 4) is 5.75 Å². The average Bonchev–Trinajstić information content (AvgIpc) is 2.68. The number of aryl methyl sites for hydroxylation is 2. The molecule has 5 heteroatoms. The van der Waals surface area contributed by atoms with Gasteiger partial charge in [-0.2, -0.15) is 0 Å². The topological polar surface area (TPSA) is 39.4 Å². The first-order valence-corrected chi connectivity index (χ1v) is 8.58. The van der Waals surface area contributed by atoms with Gasteiger partial charge in [-0.25, -0.2) is 4.98 Å². The highest BCUT2D eigenvalue weighted by Gasteiger charge is 2.06. The maximum Gasteiger partial charge on any atom is 0.274 e. The van der Waals surface area contributed by atoms with E-state index in [9.17, 15) is 0 Å². The van der Waals surface area contributed by atoms with E-state index in [0.717, 1.165) is 22.8 Å². The Kier molecular flexibility index (Phi) is 4.16. The summed E-state index contributed by atoms with van der Waals surface area (Å²) in [5.41, 5.74) is 2.84. The Bertz CT molecular complexity index is 571. The molecule has 0 bridgehead atoms. The lowest BCUT2D eigenvalue weighted by atomic mass is 10.3. The van der Waals surface area contributed by atoms with Gasteiger partial charge >= 0.3 is 0 Å². The second kappa shape index (κ2) is 5.84. The summed E-state index contributed by atoms with van der Waals surface area (Å²) in [7, 11) is 1.17. The number of nitrogens with zero attached hydrogens (tertiary/aromatic N) is 3. The van der Waals surface area contributed by atoms with Crippen LogP contribution in [0.4, 0.5) is 5.69 Å². The maximum absolute atomic E-state index is 5.84. The molecule has 0 fully saturated rings. The third-order valence-corrected chi connectivity index (χ3v) is 3.31. The van der Waals surface area contributed by atoms with Crippen molar-refractivity contribution in [3.63, 3.8) is 0 Å². The van der Waals surface area contributed by atoms with Crippen LogP contribution < -0.4 is 4.43 Å². The van der Waals surface area contributed by atoms with E-state index < -0.39 is 9.04 Å². The zero-order chi connectivity index (χ0) is 13.8. The third kappa shape index (κ3) is 3.32. The SMILES string of the molecule is Cc1ncn(C)c1C=Nc1ccccc1O[Si](C)C. The summed E-state index contributed by atoms with van der Waals surface area (Å²) in [5.74, 6) is 0.845. The Morgan fingerprint density at radius 3 is 2.68 bits per heavy atom. The van der Waals surface area contributed by atoms with E-state index in [2.05, 4.69) is 23.1 Å². The molecule has 99 valence electrons. The summed E-state index contributed by atoms with van der Waals surface area (Å²) >= 11 is 0.